The highest BCUT2D eigenvalue weighted by atomic mass is 19.1. The van der Waals surface area contributed by atoms with Crippen LogP contribution in [0, 0.1) is 5.82 Å². The number of nitrogens with zero attached hydrogens (tertiary/aromatic N) is 2. The maximum Gasteiger partial charge on any atom is 0.244 e. The summed E-state index contributed by atoms with van der Waals surface area (Å²) in [6, 6.07) is 21.1. The number of rotatable bonds is 5. The smallest absolute Gasteiger partial charge is 0.244 e. The van der Waals surface area contributed by atoms with Crippen LogP contribution in [0.3, 0.4) is 0 Å². The minimum atomic E-state index is -0.332. The maximum absolute atomic E-state index is 13.2. The fraction of sp³-hybridized carbons (Fsp3) is 0.0435. The Hall–Kier alpha value is -3.73. The zero-order valence-electron chi connectivity index (χ0n) is 15.0. The lowest BCUT2D eigenvalue weighted by Crippen LogP contribution is -2.20. The van der Waals surface area contributed by atoms with Crippen molar-refractivity contribution in [2.24, 2.45) is 0 Å². The van der Waals surface area contributed by atoms with Crippen LogP contribution in [0.1, 0.15) is 11.3 Å². The number of benzene rings is 2. The third kappa shape index (κ3) is 4.15. The summed E-state index contributed by atoms with van der Waals surface area (Å²) in [7, 11) is 0. The number of nitrogens with one attached hydrogen (secondary N) is 1. The zero-order chi connectivity index (χ0) is 19.3. The molecule has 0 aliphatic carbocycles. The van der Waals surface area contributed by atoms with Gasteiger partial charge in [0.05, 0.1) is 12.2 Å². The molecule has 0 aliphatic rings. The molecule has 2 heterocycles. The molecule has 0 aliphatic heterocycles. The van der Waals surface area contributed by atoms with Gasteiger partial charge in [0.1, 0.15) is 11.5 Å². The molecule has 0 radical (unpaired) electrons. The summed E-state index contributed by atoms with van der Waals surface area (Å²) in [6.07, 6.45) is 6.31. The first-order valence-corrected chi connectivity index (χ1v) is 8.92. The molecule has 0 atom stereocenters. The van der Waals surface area contributed by atoms with Gasteiger partial charge in [-0.3, -0.25) is 4.79 Å². The monoisotopic (exact) mass is 371 g/mol. The molecule has 0 saturated heterocycles. The Labute approximate surface area is 162 Å². The van der Waals surface area contributed by atoms with Crippen molar-refractivity contribution < 1.29 is 9.18 Å². The van der Waals surface area contributed by atoms with E-state index in [1.807, 2.05) is 42.5 Å². The van der Waals surface area contributed by atoms with Crippen LogP contribution in [-0.2, 0) is 11.3 Å². The van der Waals surface area contributed by atoms with Crippen LogP contribution >= 0.6 is 0 Å². The van der Waals surface area contributed by atoms with Gasteiger partial charge in [-0.2, -0.15) is 0 Å². The van der Waals surface area contributed by atoms with Crippen LogP contribution in [0.5, 0.6) is 0 Å². The van der Waals surface area contributed by atoms with Crippen molar-refractivity contribution >= 4 is 17.6 Å². The van der Waals surface area contributed by atoms with Gasteiger partial charge in [-0.1, -0.05) is 54.6 Å². The summed E-state index contributed by atoms with van der Waals surface area (Å²) in [5.74, 6) is -0.544. The minimum absolute atomic E-state index is 0.213. The third-order valence-electron chi connectivity index (χ3n) is 4.35. The van der Waals surface area contributed by atoms with E-state index >= 15 is 0 Å². The van der Waals surface area contributed by atoms with Crippen molar-refractivity contribution in [3.8, 4) is 11.1 Å². The summed E-state index contributed by atoms with van der Waals surface area (Å²) in [6.45, 7) is 0.277. The highest BCUT2D eigenvalue weighted by molar-refractivity contribution is 5.91. The van der Waals surface area contributed by atoms with Crippen molar-refractivity contribution in [3.05, 3.63) is 102 Å². The van der Waals surface area contributed by atoms with E-state index in [0.29, 0.717) is 11.3 Å². The van der Waals surface area contributed by atoms with E-state index in [4.69, 9.17) is 0 Å². The fourth-order valence-corrected chi connectivity index (χ4v) is 2.93. The molecule has 1 N–H and O–H groups in total. The topological polar surface area (TPSA) is 46.4 Å². The normalized spacial score (nSPS) is 11.2. The lowest BCUT2D eigenvalue weighted by Gasteiger charge is -2.02. The van der Waals surface area contributed by atoms with E-state index in [1.165, 1.54) is 18.3 Å². The first kappa shape index (κ1) is 17.7. The molecule has 5 heteroatoms. The van der Waals surface area contributed by atoms with Crippen molar-refractivity contribution in [1.29, 1.82) is 0 Å². The van der Waals surface area contributed by atoms with Gasteiger partial charge in [0, 0.05) is 18.5 Å². The number of aromatic nitrogens is 2. The second-order valence-corrected chi connectivity index (χ2v) is 6.38. The second-order valence-electron chi connectivity index (χ2n) is 6.38. The summed E-state index contributed by atoms with van der Waals surface area (Å²) in [5.41, 5.74) is 4.53. The van der Waals surface area contributed by atoms with Gasteiger partial charge in [0.25, 0.3) is 0 Å². The molecule has 4 aromatic rings. The minimum Gasteiger partial charge on any atom is -0.347 e. The first-order valence-electron chi connectivity index (χ1n) is 8.92. The lowest BCUT2D eigenvalue weighted by atomic mass is 10.0. The Morgan fingerprint density at radius 2 is 1.71 bits per heavy atom. The Bertz CT molecular complexity index is 1130. The summed E-state index contributed by atoms with van der Waals surface area (Å²) >= 11 is 0. The highest BCUT2D eigenvalue weighted by Gasteiger charge is 2.04. The van der Waals surface area contributed by atoms with E-state index < -0.39 is 0 Å². The molecule has 4 nitrogen and oxygen atoms in total. The van der Waals surface area contributed by atoms with E-state index in [-0.39, 0.29) is 18.3 Å². The molecule has 2 aromatic heterocycles. The molecule has 0 spiro atoms. The van der Waals surface area contributed by atoms with E-state index in [2.05, 4.69) is 22.4 Å². The lowest BCUT2D eigenvalue weighted by molar-refractivity contribution is -0.116. The SMILES string of the molecule is O=C(/C=C/c1ccc(-c2ccccc2)cc1)NCc1cn2cc(F)ccc2n1. The predicted octanol–water partition coefficient (Wildman–Crippen LogP) is 4.47. The molecule has 2 aromatic carbocycles. The fourth-order valence-electron chi connectivity index (χ4n) is 2.93. The average Bonchev–Trinajstić information content (AvgIpc) is 3.14. The standard InChI is InChI=1S/C23H18FN3O/c24-20-11-12-22-26-21(16-27(22)15-20)14-25-23(28)13-8-17-6-9-19(10-7-17)18-4-2-1-3-5-18/h1-13,15-16H,14H2,(H,25,28)/b13-8+. The first-order chi connectivity index (χ1) is 13.7. The molecule has 0 fully saturated rings. The third-order valence-corrected chi connectivity index (χ3v) is 4.35. The molecular weight excluding hydrogens is 353 g/mol. The Balaban J connectivity index is 1.35. The molecule has 28 heavy (non-hydrogen) atoms. The molecule has 138 valence electrons. The van der Waals surface area contributed by atoms with Gasteiger partial charge >= 0.3 is 0 Å². The van der Waals surface area contributed by atoms with Crippen molar-refractivity contribution in [2.75, 3.05) is 0 Å². The van der Waals surface area contributed by atoms with Gasteiger partial charge in [-0.05, 0) is 34.9 Å². The molecule has 0 unspecified atom stereocenters. The van der Waals surface area contributed by atoms with Crippen LogP contribution in [0.2, 0.25) is 0 Å². The quantitative estimate of drug-likeness (QED) is 0.526. The number of halogens is 1. The van der Waals surface area contributed by atoms with Crippen molar-refractivity contribution in [2.45, 2.75) is 6.54 Å². The number of carbonyl (C=O) groups is 1. The number of amides is 1. The maximum atomic E-state index is 13.2. The number of imidazole rings is 1. The van der Waals surface area contributed by atoms with Gasteiger partial charge in [-0.25, -0.2) is 9.37 Å². The second kappa shape index (κ2) is 7.88. The van der Waals surface area contributed by atoms with Gasteiger partial charge in [-0.15, -0.1) is 0 Å². The van der Waals surface area contributed by atoms with E-state index in [0.717, 1.165) is 16.7 Å². The van der Waals surface area contributed by atoms with Crippen LogP contribution < -0.4 is 5.32 Å². The molecule has 4 rings (SSSR count). The largest absolute Gasteiger partial charge is 0.347 e. The summed E-state index contributed by atoms with van der Waals surface area (Å²) < 4.78 is 14.8. The van der Waals surface area contributed by atoms with Crippen molar-refractivity contribution in [1.82, 2.24) is 14.7 Å². The van der Waals surface area contributed by atoms with Crippen LogP contribution in [0.4, 0.5) is 4.39 Å². The molecule has 1 amide bonds. The highest BCUT2D eigenvalue weighted by Crippen LogP contribution is 2.19. The molecule has 0 saturated carbocycles. The van der Waals surface area contributed by atoms with Gasteiger partial charge < -0.3 is 9.72 Å². The number of fused-ring (bicyclic) bond motifs is 1. The molecule has 0 bridgehead atoms. The predicted molar refractivity (Wildman–Crippen MR) is 108 cm³/mol. The van der Waals surface area contributed by atoms with Crippen LogP contribution in [-0.4, -0.2) is 15.3 Å². The summed E-state index contributed by atoms with van der Waals surface area (Å²) in [4.78, 5) is 16.4. The van der Waals surface area contributed by atoms with Crippen LogP contribution in [0.25, 0.3) is 22.9 Å². The van der Waals surface area contributed by atoms with Gasteiger partial charge in [0.2, 0.25) is 5.91 Å². The number of hydrogen-bond acceptors (Lipinski definition) is 2. The number of hydrogen-bond donors (Lipinski definition) is 1. The van der Waals surface area contributed by atoms with E-state index in [9.17, 15) is 9.18 Å². The summed E-state index contributed by atoms with van der Waals surface area (Å²) in [5, 5.41) is 2.79. The number of carbonyl (C=O) groups excluding carboxylic acids is 1. The Morgan fingerprint density at radius 3 is 2.50 bits per heavy atom. The Kier molecular flexibility index (Phi) is 4.97. The van der Waals surface area contributed by atoms with E-state index in [1.54, 1.807) is 22.7 Å². The molecular formula is C23H18FN3O. The zero-order valence-corrected chi connectivity index (χ0v) is 15.0. The Morgan fingerprint density at radius 1 is 0.964 bits per heavy atom. The van der Waals surface area contributed by atoms with Crippen molar-refractivity contribution in [3.63, 3.8) is 0 Å². The number of pyridine rings is 1. The van der Waals surface area contributed by atoms with Gasteiger partial charge in [0.15, 0.2) is 0 Å². The van der Waals surface area contributed by atoms with Crippen LogP contribution in [0.15, 0.2) is 85.2 Å². The average molecular weight is 371 g/mol.